The minimum atomic E-state index is -0.535. The average Bonchev–Trinajstić information content (AvgIpc) is 3.14. The lowest BCUT2D eigenvalue weighted by Crippen LogP contribution is -2.37. The predicted molar refractivity (Wildman–Crippen MR) is 108 cm³/mol. The zero-order valence-electron chi connectivity index (χ0n) is 16.1. The number of halogens is 1. The number of nitro groups is 1. The molecule has 3 rings (SSSR count). The van der Waals surface area contributed by atoms with Crippen LogP contribution in [0.4, 0.5) is 5.69 Å². The third-order valence-corrected chi connectivity index (χ3v) is 4.65. The van der Waals surface area contributed by atoms with E-state index in [4.69, 9.17) is 16.0 Å². The van der Waals surface area contributed by atoms with Crippen molar-refractivity contribution >= 4 is 23.2 Å². The molecule has 0 N–H and O–H groups in total. The van der Waals surface area contributed by atoms with Gasteiger partial charge in [0, 0.05) is 22.2 Å². The summed E-state index contributed by atoms with van der Waals surface area (Å²) in [5.74, 6) is 0.0586. The number of carbonyl (C=O) groups is 1. The fourth-order valence-electron chi connectivity index (χ4n) is 2.89. The number of hydrogen-bond acceptors (Lipinski definition) is 6. The summed E-state index contributed by atoms with van der Waals surface area (Å²) < 4.78 is 5.68. The van der Waals surface area contributed by atoms with Crippen molar-refractivity contribution in [2.24, 2.45) is 0 Å². The highest BCUT2D eigenvalue weighted by molar-refractivity contribution is 6.30. The summed E-state index contributed by atoms with van der Waals surface area (Å²) in [5.41, 5.74) is 0.953. The molecule has 1 heterocycles. The van der Waals surface area contributed by atoms with E-state index in [-0.39, 0.29) is 29.7 Å². The van der Waals surface area contributed by atoms with E-state index >= 15 is 0 Å². The second-order valence-corrected chi connectivity index (χ2v) is 7.20. The van der Waals surface area contributed by atoms with Crippen molar-refractivity contribution in [1.29, 1.82) is 0 Å². The number of nitro benzene ring substituents is 1. The van der Waals surface area contributed by atoms with Gasteiger partial charge < -0.3 is 9.32 Å². The molecule has 3 aromatic rings. The molecule has 2 aromatic carbocycles. The monoisotopic (exact) mass is 414 g/mol. The van der Waals surface area contributed by atoms with Gasteiger partial charge in [0.1, 0.15) is 5.56 Å². The number of para-hydroxylation sites is 1. The Labute approximate surface area is 172 Å². The molecule has 0 fully saturated rings. The molecule has 0 bridgehead atoms. The number of carbonyl (C=O) groups excluding carboxylic acids is 1. The van der Waals surface area contributed by atoms with Crippen molar-refractivity contribution < 1.29 is 14.1 Å². The molecule has 0 aliphatic carbocycles. The van der Waals surface area contributed by atoms with Gasteiger partial charge in [-0.15, -0.1) is 10.2 Å². The summed E-state index contributed by atoms with van der Waals surface area (Å²) in [7, 11) is 0. The third kappa shape index (κ3) is 4.43. The number of rotatable bonds is 6. The van der Waals surface area contributed by atoms with Crippen LogP contribution in [-0.2, 0) is 6.54 Å². The maximum absolute atomic E-state index is 13.1. The summed E-state index contributed by atoms with van der Waals surface area (Å²) in [6, 6.07) is 11.4. The van der Waals surface area contributed by atoms with E-state index in [1.807, 2.05) is 13.8 Å². The van der Waals surface area contributed by atoms with E-state index in [0.29, 0.717) is 22.0 Å². The summed E-state index contributed by atoms with van der Waals surface area (Å²) in [5, 5.41) is 20.1. The summed E-state index contributed by atoms with van der Waals surface area (Å²) in [4.78, 5) is 25.5. The molecule has 0 unspecified atom stereocenters. The molecule has 0 saturated heterocycles. The lowest BCUT2D eigenvalue weighted by atomic mass is 10.1. The van der Waals surface area contributed by atoms with Gasteiger partial charge in [0.05, 0.1) is 11.5 Å². The van der Waals surface area contributed by atoms with Crippen molar-refractivity contribution in [3.8, 4) is 11.5 Å². The fraction of sp³-hybridized carbons (Fsp3) is 0.250. The van der Waals surface area contributed by atoms with Crippen LogP contribution >= 0.6 is 11.6 Å². The van der Waals surface area contributed by atoms with Crippen molar-refractivity contribution in [3.05, 3.63) is 74.6 Å². The Kier molecular flexibility index (Phi) is 5.93. The van der Waals surface area contributed by atoms with Gasteiger partial charge in [-0.25, -0.2) is 0 Å². The molecule has 1 aromatic heterocycles. The summed E-state index contributed by atoms with van der Waals surface area (Å²) in [6.45, 7) is 5.26. The quantitative estimate of drug-likeness (QED) is 0.429. The number of benzene rings is 2. The van der Waals surface area contributed by atoms with Gasteiger partial charge in [0.25, 0.3) is 11.6 Å². The molecule has 8 nitrogen and oxygen atoms in total. The number of amides is 1. The Balaban J connectivity index is 1.89. The van der Waals surface area contributed by atoms with E-state index in [1.54, 1.807) is 43.3 Å². The van der Waals surface area contributed by atoms with Crippen LogP contribution in [0, 0.1) is 17.0 Å². The van der Waals surface area contributed by atoms with Crippen molar-refractivity contribution in [3.63, 3.8) is 0 Å². The lowest BCUT2D eigenvalue weighted by Gasteiger charge is -2.25. The minimum Gasteiger partial charge on any atom is -0.419 e. The number of hydrogen-bond donors (Lipinski definition) is 0. The van der Waals surface area contributed by atoms with Crippen molar-refractivity contribution in [1.82, 2.24) is 15.1 Å². The van der Waals surface area contributed by atoms with E-state index in [2.05, 4.69) is 10.2 Å². The highest BCUT2D eigenvalue weighted by atomic mass is 35.5. The first-order chi connectivity index (χ1) is 13.8. The molecule has 29 heavy (non-hydrogen) atoms. The molecule has 0 spiro atoms. The standard InChI is InChI=1S/C20H19ClN4O4/c1-12(2)24(20(26)16-6-4-5-13(3)18(16)25(27)28)11-17-22-23-19(29-17)14-7-9-15(21)10-8-14/h4-10,12H,11H2,1-3H3. The van der Waals surface area contributed by atoms with Crippen LogP contribution in [0.25, 0.3) is 11.5 Å². The van der Waals surface area contributed by atoms with E-state index < -0.39 is 10.8 Å². The van der Waals surface area contributed by atoms with E-state index in [9.17, 15) is 14.9 Å². The zero-order chi connectivity index (χ0) is 21.1. The second kappa shape index (κ2) is 8.40. The Morgan fingerprint density at radius 1 is 1.21 bits per heavy atom. The normalized spacial score (nSPS) is 10.9. The molecular weight excluding hydrogens is 396 g/mol. The topological polar surface area (TPSA) is 102 Å². The Hall–Kier alpha value is -3.26. The number of aryl methyl sites for hydroxylation is 1. The van der Waals surface area contributed by atoms with Gasteiger partial charge in [-0.3, -0.25) is 14.9 Å². The fourth-order valence-corrected chi connectivity index (χ4v) is 3.02. The van der Waals surface area contributed by atoms with Crippen LogP contribution in [0.1, 0.15) is 35.7 Å². The SMILES string of the molecule is Cc1cccc(C(=O)N(Cc2nnc(-c3ccc(Cl)cc3)o2)C(C)C)c1[N+](=O)[O-]. The highest BCUT2D eigenvalue weighted by Gasteiger charge is 2.29. The number of aromatic nitrogens is 2. The molecule has 0 radical (unpaired) electrons. The van der Waals surface area contributed by atoms with Gasteiger partial charge in [-0.2, -0.15) is 0 Å². The summed E-state index contributed by atoms with van der Waals surface area (Å²) >= 11 is 5.89. The largest absolute Gasteiger partial charge is 0.419 e. The van der Waals surface area contributed by atoms with Gasteiger partial charge in [-0.1, -0.05) is 23.7 Å². The Morgan fingerprint density at radius 3 is 2.52 bits per heavy atom. The van der Waals surface area contributed by atoms with Gasteiger partial charge in [0.2, 0.25) is 11.8 Å². The third-order valence-electron chi connectivity index (χ3n) is 4.40. The maximum Gasteiger partial charge on any atom is 0.285 e. The van der Waals surface area contributed by atoms with Gasteiger partial charge >= 0.3 is 0 Å². The highest BCUT2D eigenvalue weighted by Crippen LogP contribution is 2.26. The lowest BCUT2D eigenvalue weighted by molar-refractivity contribution is -0.385. The van der Waals surface area contributed by atoms with Crippen LogP contribution in [0.3, 0.4) is 0 Å². The molecule has 1 amide bonds. The first-order valence-electron chi connectivity index (χ1n) is 8.91. The van der Waals surface area contributed by atoms with Crippen LogP contribution in [0.2, 0.25) is 5.02 Å². The average molecular weight is 415 g/mol. The smallest absolute Gasteiger partial charge is 0.285 e. The molecule has 150 valence electrons. The second-order valence-electron chi connectivity index (χ2n) is 6.76. The van der Waals surface area contributed by atoms with E-state index in [1.165, 1.54) is 11.0 Å². The Morgan fingerprint density at radius 2 is 1.90 bits per heavy atom. The van der Waals surface area contributed by atoms with Crippen LogP contribution in [-0.4, -0.2) is 32.0 Å². The summed E-state index contributed by atoms with van der Waals surface area (Å²) in [6.07, 6.45) is 0. The molecule has 0 aliphatic heterocycles. The predicted octanol–water partition coefficient (Wildman–Crippen LogP) is 4.66. The van der Waals surface area contributed by atoms with Crippen molar-refractivity contribution in [2.45, 2.75) is 33.4 Å². The van der Waals surface area contributed by atoms with Crippen molar-refractivity contribution in [2.75, 3.05) is 0 Å². The first kappa shape index (κ1) is 20.5. The molecule has 9 heteroatoms. The Bertz CT molecular complexity index is 1050. The van der Waals surface area contributed by atoms with E-state index in [0.717, 1.165) is 0 Å². The van der Waals surface area contributed by atoms with Crippen LogP contribution in [0.5, 0.6) is 0 Å². The maximum atomic E-state index is 13.1. The van der Waals surface area contributed by atoms with Gasteiger partial charge in [0.15, 0.2) is 0 Å². The van der Waals surface area contributed by atoms with Crippen LogP contribution in [0.15, 0.2) is 46.9 Å². The molecular formula is C20H19ClN4O4. The number of nitrogens with zero attached hydrogens (tertiary/aromatic N) is 4. The first-order valence-corrected chi connectivity index (χ1v) is 9.29. The minimum absolute atomic E-state index is 0.0288. The molecule has 0 aliphatic rings. The molecule has 0 atom stereocenters. The zero-order valence-corrected chi connectivity index (χ0v) is 16.9. The molecule has 0 saturated carbocycles. The van der Waals surface area contributed by atoms with Crippen LogP contribution < -0.4 is 0 Å². The van der Waals surface area contributed by atoms with Gasteiger partial charge in [-0.05, 0) is 51.1 Å².